The monoisotopic (exact) mass is 351 g/mol. The lowest BCUT2D eigenvalue weighted by Crippen LogP contribution is -2.25. The van der Waals surface area contributed by atoms with E-state index < -0.39 is 0 Å². The highest BCUT2D eigenvalue weighted by Crippen LogP contribution is 2.25. The first-order valence-corrected chi connectivity index (χ1v) is 9.41. The molecule has 0 aliphatic carbocycles. The van der Waals surface area contributed by atoms with E-state index >= 15 is 0 Å². The topological polar surface area (TPSA) is 45.2 Å². The molecule has 4 nitrogen and oxygen atoms in total. The number of anilines is 1. The largest absolute Gasteiger partial charge is 0.358 e. The smallest absolute Gasteiger partial charge is 0.234 e. The van der Waals surface area contributed by atoms with Crippen LogP contribution in [0.4, 0.5) is 5.69 Å². The Kier molecular flexibility index (Phi) is 4.95. The first-order chi connectivity index (χ1) is 10.6. The molecule has 2 heterocycles. The van der Waals surface area contributed by atoms with Crippen molar-refractivity contribution in [1.29, 1.82) is 0 Å². The minimum atomic E-state index is -0.0212. The number of nitrogens with one attached hydrogen (secondary N) is 1. The van der Waals surface area contributed by atoms with Crippen LogP contribution in [0.1, 0.15) is 17.8 Å². The molecule has 1 aromatic heterocycles. The van der Waals surface area contributed by atoms with Crippen molar-refractivity contribution in [2.75, 3.05) is 24.2 Å². The first-order valence-electron chi connectivity index (χ1n) is 7.20. The molecule has 2 aromatic rings. The molecular weight excluding hydrogens is 334 g/mol. The maximum atomic E-state index is 12.1. The van der Waals surface area contributed by atoms with Gasteiger partial charge in [0.2, 0.25) is 5.91 Å². The lowest BCUT2D eigenvalue weighted by atomic mass is 10.3. The van der Waals surface area contributed by atoms with Crippen LogP contribution in [0.25, 0.3) is 10.2 Å². The summed E-state index contributed by atoms with van der Waals surface area (Å²) < 4.78 is 1.93. The fraction of sp³-hybridized carbons (Fsp3) is 0.400. The van der Waals surface area contributed by atoms with Gasteiger partial charge in [0.05, 0.1) is 21.0 Å². The molecule has 7 heteroatoms. The first kappa shape index (κ1) is 15.7. The molecule has 0 spiro atoms. The zero-order valence-corrected chi connectivity index (χ0v) is 14.7. The van der Waals surface area contributed by atoms with Crippen LogP contribution in [0.5, 0.6) is 0 Å². The Hall–Kier alpha value is -1.18. The molecule has 0 radical (unpaired) electrons. The van der Waals surface area contributed by atoms with Crippen molar-refractivity contribution in [2.45, 2.75) is 19.8 Å². The maximum Gasteiger partial charge on any atom is 0.234 e. The Balaban J connectivity index is 1.54. The fourth-order valence-corrected chi connectivity index (χ4v) is 4.35. The SMILES string of the molecule is Cc1nc2ccc(NC(=O)CSC(=S)N3CCCC3)cc2s1. The van der Waals surface area contributed by atoms with Crippen LogP contribution in [-0.2, 0) is 4.79 Å². The standard InChI is InChI=1S/C15H17N3OS3/c1-10-16-12-5-4-11(8-13(12)22-10)17-14(19)9-21-15(20)18-6-2-3-7-18/h4-5,8H,2-3,6-7,9H2,1H3,(H,17,19). The van der Waals surface area contributed by atoms with E-state index in [2.05, 4.69) is 15.2 Å². The molecule has 0 saturated carbocycles. The van der Waals surface area contributed by atoms with Crippen molar-refractivity contribution in [2.24, 2.45) is 0 Å². The molecule has 1 fully saturated rings. The van der Waals surface area contributed by atoms with E-state index in [1.165, 1.54) is 24.6 Å². The van der Waals surface area contributed by atoms with Gasteiger partial charge in [-0.25, -0.2) is 4.98 Å². The molecule has 1 saturated heterocycles. The zero-order valence-electron chi connectivity index (χ0n) is 12.3. The van der Waals surface area contributed by atoms with Gasteiger partial charge in [-0.05, 0) is 38.0 Å². The molecule has 1 aliphatic rings. The molecule has 1 aromatic carbocycles. The Morgan fingerprint density at radius 1 is 1.45 bits per heavy atom. The van der Waals surface area contributed by atoms with Gasteiger partial charge in [-0.1, -0.05) is 24.0 Å². The van der Waals surface area contributed by atoms with E-state index in [9.17, 15) is 4.79 Å². The summed E-state index contributed by atoms with van der Waals surface area (Å²) in [5.41, 5.74) is 1.79. The van der Waals surface area contributed by atoms with Gasteiger partial charge in [0.15, 0.2) is 0 Å². The molecule has 3 rings (SSSR count). The Morgan fingerprint density at radius 2 is 2.23 bits per heavy atom. The number of aryl methyl sites for hydroxylation is 1. The molecule has 116 valence electrons. The van der Waals surface area contributed by atoms with Crippen LogP contribution in [0.2, 0.25) is 0 Å². The normalized spacial score (nSPS) is 14.5. The minimum absolute atomic E-state index is 0.0212. The third-order valence-corrected chi connectivity index (χ3v) is 5.93. The summed E-state index contributed by atoms with van der Waals surface area (Å²) in [5.74, 6) is 0.335. The van der Waals surface area contributed by atoms with Gasteiger partial charge in [0.25, 0.3) is 0 Å². The molecule has 1 aliphatic heterocycles. The van der Waals surface area contributed by atoms with Crippen molar-refractivity contribution >= 4 is 61.4 Å². The van der Waals surface area contributed by atoms with E-state index in [1.54, 1.807) is 11.3 Å². The summed E-state index contributed by atoms with van der Waals surface area (Å²) in [6.07, 6.45) is 2.39. The Morgan fingerprint density at radius 3 is 3.00 bits per heavy atom. The van der Waals surface area contributed by atoms with Crippen molar-refractivity contribution in [3.63, 3.8) is 0 Å². The number of rotatable bonds is 3. The van der Waals surface area contributed by atoms with Gasteiger partial charge < -0.3 is 10.2 Å². The van der Waals surface area contributed by atoms with Gasteiger partial charge in [0, 0.05) is 18.8 Å². The molecular formula is C15H17N3OS3. The number of fused-ring (bicyclic) bond motifs is 1. The van der Waals surface area contributed by atoms with Crippen LogP contribution in [0.3, 0.4) is 0 Å². The summed E-state index contributed by atoms with van der Waals surface area (Å²) in [4.78, 5) is 18.6. The number of hydrogen-bond donors (Lipinski definition) is 1. The van der Waals surface area contributed by atoms with Crippen LogP contribution < -0.4 is 5.32 Å². The lowest BCUT2D eigenvalue weighted by Gasteiger charge is -2.17. The fourth-order valence-electron chi connectivity index (χ4n) is 2.43. The summed E-state index contributed by atoms with van der Waals surface area (Å²) in [6, 6.07) is 5.81. The number of likely N-dealkylation sites (tertiary alicyclic amines) is 1. The summed E-state index contributed by atoms with van der Waals surface area (Å²) in [7, 11) is 0. The van der Waals surface area contributed by atoms with E-state index in [0.717, 1.165) is 38.3 Å². The lowest BCUT2D eigenvalue weighted by molar-refractivity contribution is -0.113. The molecule has 0 bridgehead atoms. The van der Waals surface area contributed by atoms with Gasteiger partial charge in [-0.15, -0.1) is 11.3 Å². The number of carbonyl (C=O) groups is 1. The third-order valence-electron chi connectivity index (χ3n) is 3.47. The number of thiocarbonyl (C=S) groups is 1. The van der Waals surface area contributed by atoms with Gasteiger partial charge in [-0.2, -0.15) is 0 Å². The summed E-state index contributed by atoms with van der Waals surface area (Å²) in [6.45, 7) is 4.03. The van der Waals surface area contributed by atoms with E-state index in [0.29, 0.717) is 5.75 Å². The minimum Gasteiger partial charge on any atom is -0.358 e. The number of thioether (sulfide) groups is 1. The molecule has 0 unspecified atom stereocenters. The number of aromatic nitrogens is 1. The van der Waals surface area contributed by atoms with E-state index in [-0.39, 0.29) is 5.91 Å². The van der Waals surface area contributed by atoms with Crippen molar-refractivity contribution in [1.82, 2.24) is 9.88 Å². The molecule has 1 N–H and O–H groups in total. The van der Waals surface area contributed by atoms with Gasteiger partial charge in [0.1, 0.15) is 4.32 Å². The average molecular weight is 352 g/mol. The van der Waals surface area contributed by atoms with Crippen molar-refractivity contribution < 1.29 is 4.79 Å². The second-order valence-corrected chi connectivity index (χ2v) is 8.06. The van der Waals surface area contributed by atoms with Crippen molar-refractivity contribution in [3.8, 4) is 0 Å². The quantitative estimate of drug-likeness (QED) is 0.855. The third kappa shape index (κ3) is 3.77. The van der Waals surface area contributed by atoms with Gasteiger partial charge >= 0.3 is 0 Å². The average Bonchev–Trinajstić information content (AvgIpc) is 3.12. The molecule has 22 heavy (non-hydrogen) atoms. The van der Waals surface area contributed by atoms with Crippen LogP contribution in [0, 0.1) is 6.92 Å². The second-order valence-electron chi connectivity index (χ2n) is 5.21. The predicted octanol–water partition coefficient (Wildman–Crippen LogP) is 3.66. The van der Waals surface area contributed by atoms with Crippen LogP contribution in [0.15, 0.2) is 18.2 Å². The molecule has 0 atom stereocenters. The second kappa shape index (κ2) is 6.93. The van der Waals surface area contributed by atoms with Crippen molar-refractivity contribution in [3.05, 3.63) is 23.2 Å². The summed E-state index contributed by atoms with van der Waals surface area (Å²) >= 11 is 8.44. The Labute approximate surface area is 143 Å². The molecule has 1 amide bonds. The van der Waals surface area contributed by atoms with E-state index in [4.69, 9.17) is 12.2 Å². The number of hydrogen-bond acceptors (Lipinski definition) is 5. The number of nitrogens with zero attached hydrogens (tertiary/aromatic N) is 2. The maximum absolute atomic E-state index is 12.1. The number of thiazole rings is 1. The zero-order chi connectivity index (χ0) is 15.5. The summed E-state index contributed by atoms with van der Waals surface area (Å²) in [5, 5.41) is 3.96. The highest BCUT2D eigenvalue weighted by Gasteiger charge is 2.16. The highest BCUT2D eigenvalue weighted by atomic mass is 32.2. The van der Waals surface area contributed by atoms with Crippen LogP contribution >= 0.6 is 35.3 Å². The van der Waals surface area contributed by atoms with Gasteiger partial charge in [-0.3, -0.25) is 4.79 Å². The predicted molar refractivity (Wildman–Crippen MR) is 98.8 cm³/mol. The Bertz CT molecular complexity index is 707. The highest BCUT2D eigenvalue weighted by molar-refractivity contribution is 8.23. The van der Waals surface area contributed by atoms with E-state index in [1.807, 2.05) is 25.1 Å². The number of amides is 1. The number of carbonyl (C=O) groups excluding carboxylic acids is 1. The van der Waals surface area contributed by atoms with Crippen LogP contribution in [-0.4, -0.2) is 39.0 Å². The number of benzene rings is 1.